The highest BCUT2D eigenvalue weighted by Crippen LogP contribution is 2.38. The average Bonchev–Trinajstić information content (AvgIpc) is 2.97. The van der Waals surface area contributed by atoms with E-state index >= 15 is 0 Å². The fourth-order valence-electron chi connectivity index (χ4n) is 3.19. The van der Waals surface area contributed by atoms with Gasteiger partial charge in [0.2, 0.25) is 0 Å². The lowest BCUT2D eigenvalue weighted by Gasteiger charge is -2.22. The molecule has 0 saturated heterocycles. The summed E-state index contributed by atoms with van der Waals surface area (Å²) in [6, 6.07) is 20.7. The standard InChI is InChI=1S/C19H15NO/c21-13-14-11-16-6-1-3-7-17(16)19(12-14)20-10-9-15-5-2-4-8-18(15)20/h1-8,11-13H,9-10H2. The number of nitrogens with zero attached hydrogens (tertiary/aromatic N) is 1. The zero-order chi connectivity index (χ0) is 14.2. The van der Waals surface area contributed by atoms with Crippen LogP contribution in [0.1, 0.15) is 15.9 Å². The fourth-order valence-corrected chi connectivity index (χ4v) is 3.19. The second-order valence-electron chi connectivity index (χ2n) is 5.41. The number of para-hydroxylation sites is 1. The normalized spacial score (nSPS) is 13.4. The van der Waals surface area contributed by atoms with Gasteiger partial charge in [0.1, 0.15) is 6.29 Å². The fraction of sp³-hybridized carbons (Fsp3) is 0.105. The minimum Gasteiger partial charge on any atom is -0.340 e. The molecule has 0 fully saturated rings. The third kappa shape index (κ3) is 1.91. The minimum atomic E-state index is 0.730. The number of rotatable bonds is 2. The number of anilines is 2. The molecule has 0 N–H and O–H groups in total. The summed E-state index contributed by atoms with van der Waals surface area (Å²) in [4.78, 5) is 13.6. The van der Waals surface area contributed by atoms with Crippen molar-refractivity contribution in [1.82, 2.24) is 0 Å². The maximum absolute atomic E-state index is 11.2. The quantitative estimate of drug-likeness (QED) is 0.647. The number of hydrogen-bond donors (Lipinski definition) is 0. The van der Waals surface area contributed by atoms with Gasteiger partial charge in [-0.1, -0.05) is 42.5 Å². The van der Waals surface area contributed by atoms with Gasteiger partial charge in [-0.05, 0) is 35.6 Å². The Morgan fingerprint density at radius 1 is 0.905 bits per heavy atom. The van der Waals surface area contributed by atoms with Gasteiger partial charge >= 0.3 is 0 Å². The Morgan fingerprint density at radius 3 is 2.62 bits per heavy atom. The van der Waals surface area contributed by atoms with E-state index in [1.165, 1.54) is 16.6 Å². The molecule has 3 aromatic rings. The summed E-state index contributed by atoms with van der Waals surface area (Å²) in [5.41, 5.74) is 4.48. The Kier molecular flexibility index (Phi) is 2.74. The summed E-state index contributed by atoms with van der Waals surface area (Å²) in [5, 5.41) is 2.31. The summed E-state index contributed by atoms with van der Waals surface area (Å²) in [5.74, 6) is 0. The van der Waals surface area contributed by atoms with Crippen molar-refractivity contribution in [2.75, 3.05) is 11.4 Å². The van der Waals surface area contributed by atoms with E-state index in [9.17, 15) is 4.79 Å². The maximum Gasteiger partial charge on any atom is 0.150 e. The van der Waals surface area contributed by atoms with Crippen molar-refractivity contribution in [3.05, 3.63) is 71.8 Å². The van der Waals surface area contributed by atoms with E-state index in [0.717, 1.165) is 35.9 Å². The predicted octanol–water partition coefficient (Wildman–Crippen LogP) is 4.35. The van der Waals surface area contributed by atoms with Crippen LogP contribution in [0.2, 0.25) is 0 Å². The summed E-state index contributed by atoms with van der Waals surface area (Å²) in [7, 11) is 0. The monoisotopic (exact) mass is 273 g/mol. The SMILES string of the molecule is O=Cc1cc(N2CCc3ccccc32)c2ccccc2c1. The average molecular weight is 273 g/mol. The molecule has 0 amide bonds. The zero-order valence-corrected chi connectivity index (χ0v) is 11.6. The molecule has 0 unspecified atom stereocenters. The lowest BCUT2D eigenvalue weighted by atomic mass is 10.0. The van der Waals surface area contributed by atoms with Crippen LogP contribution in [0.5, 0.6) is 0 Å². The van der Waals surface area contributed by atoms with Crippen molar-refractivity contribution < 1.29 is 4.79 Å². The van der Waals surface area contributed by atoms with Gasteiger partial charge in [0.05, 0.1) is 0 Å². The van der Waals surface area contributed by atoms with E-state index in [1.54, 1.807) is 0 Å². The van der Waals surface area contributed by atoms with Crippen molar-refractivity contribution >= 4 is 28.4 Å². The largest absolute Gasteiger partial charge is 0.340 e. The lowest BCUT2D eigenvalue weighted by Crippen LogP contribution is -2.14. The van der Waals surface area contributed by atoms with E-state index in [-0.39, 0.29) is 0 Å². The van der Waals surface area contributed by atoms with E-state index in [0.29, 0.717) is 0 Å². The van der Waals surface area contributed by atoms with Crippen LogP contribution in [0.15, 0.2) is 60.7 Å². The summed E-state index contributed by atoms with van der Waals surface area (Å²) >= 11 is 0. The van der Waals surface area contributed by atoms with Crippen LogP contribution < -0.4 is 4.90 Å². The maximum atomic E-state index is 11.2. The molecule has 21 heavy (non-hydrogen) atoms. The molecule has 0 radical (unpaired) electrons. The first kappa shape index (κ1) is 12.2. The molecule has 0 saturated carbocycles. The summed E-state index contributed by atoms with van der Waals surface area (Å²) in [6.45, 7) is 0.964. The third-order valence-electron chi connectivity index (χ3n) is 4.18. The first-order valence-corrected chi connectivity index (χ1v) is 7.20. The molecule has 4 rings (SSSR count). The molecule has 1 aliphatic rings. The van der Waals surface area contributed by atoms with Crippen molar-refractivity contribution in [1.29, 1.82) is 0 Å². The molecule has 0 aromatic heterocycles. The number of benzene rings is 3. The Labute approximate surface area is 123 Å². The van der Waals surface area contributed by atoms with Crippen LogP contribution in [0.4, 0.5) is 11.4 Å². The molecular formula is C19H15NO. The highest BCUT2D eigenvalue weighted by molar-refractivity contribution is 6.00. The van der Waals surface area contributed by atoms with Crippen molar-refractivity contribution in [3.63, 3.8) is 0 Å². The van der Waals surface area contributed by atoms with Gasteiger partial charge in [-0.15, -0.1) is 0 Å². The highest BCUT2D eigenvalue weighted by Gasteiger charge is 2.21. The van der Waals surface area contributed by atoms with Crippen molar-refractivity contribution in [2.45, 2.75) is 6.42 Å². The molecular weight excluding hydrogens is 258 g/mol. The van der Waals surface area contributed by atoms with Crippen molar-refractivity contribution in [2.24, 2.45) is 0 Å². The van der Waals surface area contributed by atoms with E-state index < -0.39 is 0 Å². The molecule has 102 valence electrons. The molecule has 2 heteroatoms. The van der Waals surface area contributed by atoms with Crippen LogP contribution in [-0.4, -0.2) is 12.8 Å². The molecule has 0 bridgehead atoms. The van der Waals surface area contributed by atoms with E-state index in [4.69, 9.17) is 0 Å². The van der Waals surface area contributed by atoms with Crippen LogP contribution in [0.3, 0.4) is 0 Å². The van der Waals surface area contributed by atoms with E-state index in [2.05, 4.69) is 41.3 Å². The van der Waals surface area contributed by atoms with Crippen LogP contribution in [-0.2, 0) is 6.42 Å². The van der Waals surface area contributed by atoms with Crippen molar-refractivity contribution in [3.8, 4) is 0 Å². The second kappa shape index (κ2) is 4.74. The van der Waals surface area contributed by atoms with Gasteiger partial charge < -0.3 is 4.90 Å². The topological polar surface area (TPSA) is 20.3 Å². The molecule has 0 aliphatic carbocycles. The number of fused-ring (bicyclic) bond motifs is 2. The van der Waals surface area contributed by atoms with Crippen LogP contribution >= 0.6 is 0 Å². The Morgan fingerprint density at radius 2 is 1.71 bits per heavy atom. The van der Waals surface area contributed by atoms with Gasteiger partial charge in [-0.2, -0.15) is 0 Å². The van der Waals surface area contributed by atoms with Gasteiger partial charge in [0, 0.05) is 28.9 Å². The number of hydrogen-bond acceptors (Lipinski definition) is 2. The molecule has 3 aromatic carbocycles. The van der Waals surface area contributed by atoms with Gasteiger partial charge in [-0.3, -0.25) is 4.79 Å². The van der Waals surface area contributed by atoms with Crippen LogP contribution in [0, 0.1) is 0 Å². The highest BCUT2D eigenvalue weighted by atomic mass is 16.1. The summed E-state index contributed by atoms with van der Waals surface area (Å²) < 4.78 is 0. The molecule has 1 heterocycles. The first-order valence-electron chi connectivity index (χ1n) is 7.20. The van der Waals surface area contributed by atoms with Gasteiger partial charge in [0.15, 0.2) is 0 Å². The Hall–Kier alpha value is -2.61. The lowest BCUT2D eigenvalue weighted by molar-refractivity contribution is 0.112. The van der Waals surface area contributed by atoms with E-state index in [1.807, 2.05) is 24.3 Å². The molecule has 2 nitrogen and oxygen atoms in total. The molecule has 0 atom stereocenters. The number of carbonyl (C=O) groups is 1. The Bertz CT molecular complexity index is 838. The van der Waals surface area contributed by atoms with Crippen LogP contribution in [0.25, 0.3) is 10.8 Å². The first-order chi connectivity index (χ1) is 10.4. The third-order valence-corrected chi connectivity index (χ3v) is 4.18. The predicted molar refractivity (Wildman–Crippen MR) is 86.5 cm³/mol. The smallest absolute Gasteiger partial charge is 0.150 e. The minimum absolute atomic E-state index is 0.730. The second-order valence-corrected chi connectivity index (χ2v) is 5.41. The molecule has 1 aliphatic heterocycles. The van der Waals surface area contributed by atoms with Gasteiger partial charge in [-0.25, -0.2) is 0 Å². The number of carbonyl (C=O) groups excluding carboxylic acids is 1. The Balaban J connectivity index is 1.97. The zero-order valence-electron chi connectivity index (χ0n) is 11.6. The molecule has 0 spiro atoms. The number of aldehydes is 1. The van der Waals surface area contributed by atoms with Gasteiger partial charge in [0.25, 0.3) is 0 Å². The summed E-state index contributed by atoms with van der Waals surface area (Å²) in [6.07, 6.45) is 1.98.